The summed E-state index contributed by atoms with van der Waals surface area (Å²) in [5.74, 6) is 1.89. The fourth-order valence-electron chi connectivity index (χ4n) is 0.117. The molecule has 7 heavy (non-hydrogen) atoms. The molecule has 0 bridgehead atoms. The third-order valence-corrected chi connectivity index (χ3v) is 0.691. The molecule has 0 aliphatic carbocycles. The van der Waals surface area contributed by atoms with Crippen molar-refractivity contribution in [1.29, 1.82) is 0 Å². The van der Waals surface area contributed by atoms with Gasteiger partial charge in [0.1, 0.15) is 0 Å². The van der Waals surface area contributed by atoms with Gasteiger partial charge >= 0.3 is 0 Å². The minimum atomic E-state index is -3.22. The van der Waals surface area contributed by atoms with E-state index in [1.807, 2.05) is 5.87 Å². The molecule has 0 unspecified atom stereocenters. The fraction of sp³-hybridized carbons (Fsp3) is 0.333. The smallest absolute Gasteiger partial charge is 0.204 e. The molecule has 0 saturated carbocycles. The van der Waals surface area contributed by atoms with Crippen LogP contribution in [0, 0.1) is 0 Å². The van der Waals surface area contributed by atoms with Crippen LogP contribution < -0.4 is 0 Å². The van der Waals surface area contributed by atoms with Crippen molar-refractivity contribution < 1.29 is 8.42 Å². The van der Waals surface area contributed by atoms with Gasteiger partial charge in [-0.05, 0) is 12.4 Å². The van der Waals surface area contributed by atoms with Crippen LogP contribution in [-0.2, 0) is 10.0 Å². The quantitative estimate of drug-likeness (QED) is 0.449. The van der Waals surface area contributed by atoms with Gasteiger partial charge in [-0.3, -0.25) is 0 Å². The van der Waals surface area contributed by atoms with Crippen molar-refractivity contribution in [3.8, 4) is 0 Å². The molecule has 0 aliphatic heterocycles. The first-order valence-corrected chi connectivity index (χ1v) is 3.35. The van der Waals surface area contributed by atoms with Crippen molar-refractivity contribution in [3.05, 3.63) is 6.58 Å². The minimum Gasteiger partial charge on any atom is -0.204 e. The number of sulfonamides is 1. The Morgan fingerprint density at radius 3 is 2.14 bits per heavy atom. The molecule has 0 aliphatic rings. The second-order valence-corrected chi connectivity index (χ2v) is 2.63. The first-order valence-electron chi connectivity index (χ1n) is 1.50. The van der Waals surface area contributed by atoms with E-state index in [4.69, 9.17) is 0 Å². The highest BCUT2D eigenvalue weighted by atomic mass is 32.2. The van der Waals surface area contributed by atoms with Crippen LogP contribution in [0.2, 0.25) is 0 Å². The molecule has 0 fully saturated rings. The van der Waals surface area contributed by atoms with E-state index in [9.17, 15) is 8.42 Å². The molecule has 0 saturated heterocycles. The fourth-order valence-corrected chi connectivity index (χ4v) is 0.352. The number of hydrogen-bond acceptors (Lipinski definition) is 2. The zero-order chi connectivity index (χ0) is 5.91. The van der Waals surface area contributed by atoms with Crippen LogP contribution in [0.4, 0.5) is 0 Å². The van der Waals surface area contributed by atoms with E-state index in [1.165, 1.54) is 0 Å². The van der Waals surface area contributed by atoms with Crippen molar-refractivity contribution in [1.82, 2.24) is 0 Å². The van der Waals surface area contributed by atoms with Gasteiger partial charge in [0.2, 0.25) is 0 Å². The Bertz CT molecular complexity index is 185. The van der Waals surface area contributed by atoms with Crippen LogP contribution in [0.1, 0.15) is 0 Å². The van der Waals surface area contributed by atoms with Gasteiger partial charge in [0, 0.05) is 0 Å². The highest BCUT2D eigenvalue weighted by molar-refractivity contribution is 7.89. The highest BCUT2D eigenvalue weighted by Crippen LogP contribution is 1.76. The van der Waals surface area contributed by atoms with Gasteiger partial charge in [-0.15, -0.1) is 4.40 Å². The summed E-state index contributed by atoms with van der Waals surface area (Å²) in [6.07, 6.45) is 0.977. The molecule has 4 heteroatoms. The van der Waals surface area contributed by atoms with Crippen molar-refractivity contribution in [2.24, 2.45) is 4.40 Å². The zero-order valence-corrected chi connectivity index (χ0v) is 4.70. The Morgan fingerprint density at radius 1 is 1.71 bits per heavy atom. The summed E-state index contributed by atoms with van der Waals surface area (Å²) in [6.45, 7) is 2.98. The Morgan fingerprint density at radius 2 is 2.14 bits per heavy atom. The number of hydrogen-bond donors (Lipinski definition) is 0. The molecule has 0 aromatic carbocycles. The zero-order valence-electron chi connectivity index (χ0n) is 3.88. The van der Waals surface area contributed by atoms with E-state index in [1.54, 1.807) is 0 Å². The second kappa shape index (κ2) is 1.91. The Labute approximate surface area is 42.4 Å². The van der Waals surface area contributed by atoms with Gasteiger partial charge in [-0.1, -0.05) is 0 Å². The lowest BCUT2D eigenvalue weighted by Gasteiger charge is -1.74. The van der Waals surface area contributed by atoms with Crippen LogP contribution in [0.5, 0.6) is 0 Å². The maximum Gasteiger partial charge on any atom is 0.257 e. The summed E-state index contributed by atoms with van der Waals surface area (Å²) in [6, 6.07) is 0. The maximum absolute atomic E-state index is 9.96. The van der Waals surface area contributed by atoms with Crippen LogP contribution in [-0.4, -0.2) is 20.5 Å². The number of rotatable bonds is 1. The summed E-state index contributed by atoms with van der Waals surface area (Å²) >= 11 is 0. The highest BCUT2D eigenvalue weighted by Gasteiger charge is 1.88. The molecule has 40 valence electrons. The van der Waals surface area contributed by atoms with Crippen LogP contribution >= 0.6 is 0 Å². The average Bonchev–Trinajstić information content (AvgIpc) is 1.30. The molecule has 3 nitrogen and oxygen atoms in total. The molecule has 0 N–H and O–H groups in total. The molecule has 0 spiro atoms. The van der Waals surface area contributed by atoms with Crippen molar-refractivity contribution in [3.63, 3.8) is 0 Å². The second-order valence-electron chi connectivity index (χ2n) is 0.982. The molecular weight excluding hydrogens is 114 g/mol. The third kappa shape index (κ3) is 5.40. The van der Waals surface area contributed by atoms with Crippen LogP contribution in [0.25, 0.3) is 0 Å². The Balaban J connectivity index is 4.44. The molecule has 0 radical (unpaired) electrons. The number of nitrogens with zero attached hydrogens (tertiary/aromatic N) is 1. The first kappa shape index (κ1) is 6.40. The van der Waals surface area contributed by atoms with Gasteiger partial charge in [-0.2, -0.15) is 0 Å². The summed E-state index contributed by atoms with van der Waals surface area (Å²) in [5, 5.41) is 0. The van der Waals surface area contributed by atoms with E-state index in [0.717, 1.165) is 6.26 Å². The predicted octanol–water partition coefficient (Wildman–Crippen LogP) is -0.198. The molecule has 0 heterocycles. The standard InChI is InChI=1S/C3H5NO2S/c1-3-4-7(2,5)6/h1H2,2H3. The van der Waals surface area contributed by atoms with Gasteiger partial charge in [0.05, 0.1) is 6.26 Å². The SMILES string of the molecule is C=C=NS(C)(=O)=O. The van der Waals surface area contributed by atoms with E-state index in [0.29, 0.717) is 0 Å². The van der Waals surface area contributed by atoms with Gasteiger partial charge < -0.3 is 0 Å². The molecule has 0 amide bonds. The van der Waals surface area contributed by atoms with Crippen LogP contribution in [0.3, 0.4) is 0 Å². The van der Waals surface area contributed by atoms with E-state index < -0.39 is 10.0 Å². The first-order chi connectivity index (χ1) is 3.06. The monoisotopic (exact) mass is 119 g/mol. The van der Waals surface area contributed by atoms with Crippen molar-refractivity contribution in [2.75, 3.05) is 6.26 Å². The third-order valence-electron chi connectivity index (χ3n) is 0.230. The lowest BCUT2D eigenvalue weighted by Crippen LogP contribution is -1.86. The van der Waals surface area contributed by atoms with E-state index in [2.05, 4.69) is 11.0 Å². The lowest BCUT2D eigenvalue weighted by molar-refractivity contribution is 0.604. The maximum atomic E-state index is 9.96. The summed E-state index contributed by atoms with van der Waals surface area (Å²) in [5.41, 5.74) is 0. The largest absolute Gasteiger partial charge is 0.257 e. The van der Waals surface area contributed by atoms with Gasteiger partial charge in [0.15, 0.2) is 0 Å². The lowest BCUT2D eigenvalue weighted by atomic mass is 11.2. The molecule has 0 atom stereocenters. The topological polar surface area (TPSA) is 46.5 Å². The molecular formula is C3H5NO2S. The molecule has 0 rings (SSSR count). The minimum absolute atomic E-state index is 0.977. The summed E-state index contributed by atoms with van der Waals surface area (Å²) in [7, 11) is -3.22. The van der Waals surface area contributed by atoms with E-state index in [-0.39, 0.29) is 0 Å². The average molecular weight is 119 g/mol. The van der Waals surface area contributed by atoms with Gasteiger partial charge in [-0.25, -0.2) is 8.42 Å². The van der Waals surface area contributed by atoms with Crippen molar-refractivity contribution >= 4 is 15.9 Å². The predicted molar refractivity (Wildman–Crippen MR) is 27.9 cm³/mol. The van der Waals surface area contributed by atoms with Crippen molar-refractivity contribution in [2.45, 2.75) is 0 Å². The summed E-state index contributed by atoms with van der Waals surface area (Å²) in [4.78, 5) is 0. The van der Waals surface area contributed by atoms with E-state index >= 15 is 0 Å². The Hall–Kier alpha value is -0.600. The summed E-state index contributed by atoms with van der Waals surface area (Å²) < 4.78 is 22.8. The Kier molecular flexibility index (Phi) is 1.75. The molecule has 0 aromatic heterocycles. The normalized spacial score (nSPS) is 9.86. The molecule has 0 aromatic rings. The van der Waals surface area contributed by atoms with Gasteiger partial charge in [0.25, 0.3) is 10.0 Å². The van der Waals surface area contributed by atoms with Crippen LogP contribution in [0.15, 0.2) is 11.0 Å².